The van der Waals surface area contributed by atoms with Crippen molar-refractivity contribution >= 4 is 17.3 Å². The second kappa shape index (κ2) is 5.48. The number of anilines is 2. The number of nitrogen functional groups attached to an aromatic ring is 1. The van der Waals surface area contributed by atoms with Gasteiger partial charge in [0.1, 0.15) is 0 Å². The molecule has 0 spiro atoms. The van der Waals surface area contributed by atoms with Gasteiger partial charge in [0, 0.05) is 5.56 Å². The average Bonchev–Trinajstić information content (AvgIpc) is 2.38. The molecular weight excluding hydrogens is 250 g/mol. The van der Waals surface area contributed by atoms with Gasteiger partial charge >= 0.3 is 0 Å². The lowest BCUT2D eigenvalue weighted by atomic mass is 10.1. The quantitative estimate of drug-likeness (QED) is 0.836. The average molecular weight is 262 g/mol. The Morgan fingerprint density at radius 2 is 1.84 bits per heavy atom. The number of benzene rings is 2. The standard InChI is InChI=1S/C14H12F2N2O/c15-10-5-3-4-9(14(10)16)8-13(19)18-12-7-2-1-6-11(12)17/h1-7H,8,17H2,(H,18,19). The number of para-hydroxylation sites is 2. The minimum atomic E-state index is -1.00. The Kier molecular flexibility index (Phi) is 3.75. The summed E-state index contributed by atoms with van der Waals surface area (Å²) in [6.45, 7) is 0. The van der Waals surface area contributed by atoms with E-state index in [0.717, 1.165) is 6.07 Å². The van der Waals surface area contributed by atoms with Gasteiger partial charge in [-0.25, -0.2) is 8.78 Å². The SMILES string of the molecule is Nc1ccccc1NC(=O)Cc1cccc(F)c1F. The fourth-order valence-electron chi connectivity index (χ4n) is 1.66. The van der Waals surface area contributed by atoms with E-state index in [1.165, 1.54) is 12.1 Å². The molecule has 0 atom stereocenters. The highest BCUT2D eigenvalue weighted by Gasteiger charge is 2.12. The van der Waals surface area contributed by atoms with Gasteiger partial charge in [0.05, 0.1) is 17.8 Å². The monoisotopic (exact) mass is 262 g/mol. The molecule has 0 fully saturated rings. The van der Waals surface area contributed by atoms with E-state index in [1.807, 2.05) is 0 Å². The summed E-state index contributed by atoms with van der Waals surface area (Å²) >= 11 is 0. The maximum Gasteiger partial charge on any atom is 0.228 e. The first-order valence-electron chi connectivity index (χ1n) is 5.65. The lowest BCUT2D eigenvalue weighted by Crippen LogP contribution is -2.16. The van der Waals surface area contributed by atoms with Crippen LogP contribution in [0.3, 0.4) is 0 Å². The van der Waals surface area contributed by atoms with Crippen LogP contribution in [0.4, 0.5) is 20.2 Å². The minimum absolute atomic E-state index is 0.00648. The van der Waals surface area contributed by atoms with Crippen molar-refractivity contribution in [2.75, 3.05) is 11.1 Å². The summed E-state index contributed by atoms with van der Waals surface area (Å²) < 4.78 is 26.4. The van der Waals surface area contributed by atoms with E-state index in [2.05, 4.69) is 5.32 Å². The molecule has 0 aromatic heterocycles. The summed E-state index contributed by atoms with van der Waals surface area (Å²) in [5.74, 6) is -2.43. The Labute approximate surface area is 109 Å². The van der Waals surface area contributed by atoms with Crippen LogP contribution in [0.1, 0.15) is 5.56 Å². The van der Waals surface area contributed by atoms with Crippen molar-refractivity contribution < 1.29 is 13.6 Å². The van der Waals surface area contributed by atoms with E-state index in [4.69, 9.17) is 5.73 Å². The van der Waals surface area contributed by atoms with Gasteiger partial charge in [0.25, 0.3) is 0 Å². The van der Waals surface area contributed by atoms with Crippen molar-refractivity contribution in [1.82, 2.24) is 0 Å². The molecule has 0 aliphatic carbocycles. The van der Waals surface area contributed by atoms with Crippen molar-refractivity contribution in [3.05, 3.63) is 59.7 Å². The number of nitrogens with two attached hydrogens (primary N) is 1. The summed E-state index contributed by atoms with van der Waals surface area (Å²) in [5.41, 5.74) is 6.53. The van der Waals surface area contributed by atoms with Crippen molar-refractivity contribution in [2.24, 2.45) is 0 Å². The summed E-state index contributed by atoms with van der Waals surface area (Å²) in [4.78, 5) is 11.7. The largest absolute Gasteiger partial charge is 0.397 e. The zero-order chi connectivity index (χ0) is 13.8. The van der Waals surface area contributed by atoms with Crippen molar-refractivity contribution in [1.29, 1.82) is 0 Å². The second-order valence-corrected chi connectivity index (χ2v) is 4.03. The first-order valence-corrected chi connectivity index (χ1v) is 5.65. The van der Waals surface area contributed by atoms with E-state index in [0.29, 0.717) is 11.4 Å². The maximum absolute atomic E-state index is 13.4. The Hall–Kier alpha value is -2.43. The highest BCUT2D eigenvalue weighted by atomic mass is 19.2. The Bertz CT molecular complexity index is 614. The zero-order valence-electron chi connectivity index (χ0n) is 9.99. The van der Waals surface area contributed by atoms with Crippen LogP contribution in [0.25, 0.3) is 0 Å². The fraction of sp³-hybridized carbons (Fsp3) is 0.0714. The highest BCUT2D eigenvalue weighted by Crippen LogP contribution is 2.18. The lowest BCUT2D eigenvalue weighted by Gasteiger charge is -2.08. The molecular formula is C14H12F2N2O. The third kappa shape index (κ3) is 3.07. The molecule has 0 saturated heterocycles. The molecule has 2 rings (SSSR count). The first kappa shape index (κ1) is 13.0. The summed E-state index contributed by atoms with van der Waals surface area (Å²) in [6, 6.07) is 10.5. The van der Waals surface area contributed by atoms with Gasteiger partial charge in [0.2, 0.25) is 5.91 Å². The third-order valence-corrected chi connectivity index (χ3v) is 2.62. The van der Waals surface area contributed by atoms with Crippen LogP contribution in [-0.2, 0) is 11.2 Å². The maximum atomic E-state index is 13.4. The van der Waals surface area contributed by atoms with Crippen molar-refractivity contribution in [3.8, 4) is 0 Å². The summed E-state index contributed by atoms with van der Waals surface area (Å²) in [5, 5.41) is 2.55. The number of carbonyl (C=O) groups is 1. The molecule has 98 valence electrons. The zero-order valence-corrected chi connectivity index (χ0v) is 9.99. The molecule has 0 saturated carbocycles. The number of halogens is 2. The molecule has 0 bridgehead atoms. The molecule has 0 unspecified atom stereocenters. The smallest absolute Gasteiger partial charge is 0.228 e. The van der Waals surface area contributed by atoms with E-state index < -0.39 is 17.5 Å². The van der Waals surface area contributed by atoms with Gasteiger partial charge in [-0.05, 0) is 18.2 Å². The second-order valence-electron chi connectivity index (χ2n) is 4.03. The van der Waals surface area contributed by atoms with Crippen LogP contribution in [0, 0.1) is 11.6 Å². The van der Waals surface area contributed by atoms with Gasteiger partial charge in [-0.3, -0.25) is 4.79 Å². The third-order valence-electron chi connectivity index (χ3n) is 2.62. The van der Waals surface area contributed by atoms with Crippen LogP contribution in [0.15, 0.2) is 42.5 Å². The Morgan fingerprint density at radius 1 is 1.11 bits per heavy atom. The minimum Gasteiger partial charge on any atom is -0.397 e. The van der Waals surface area contributed by atoms with Gasteiger partial charge in [-0.2, -0.15) is 0 Å². The molecule has 2 aromatic carbocycles. The summed E-state index contributed by atoms with van der Waals surface area (Å²) in [6.07, 6.45) is -0.252. The van der Waals surface area contributed by atoms with Crippen LogP contribution < -0.4 is 11.1 Å². The number of rotatable bonds is 3. The van der Waals surface area contributed by atoms with Gasteiger partial charge in [0.15, 0.2) is 11.6 Å². The Balaban J connectivity index is 2.10. The van der Waals surface area contributed by atoms with E-state index in [1.54, 1.807) is 24.3 Å². The number of nitrogens with one attached hydrogen (secondary N) is 1. The molecule has 3 N–H and O–H groups in total. The Morgan fingerprint density at radius 3 is 2.58 bits per heavy atom. The van der Waals surface area contributed by atoms with Gasteiger partial charge < -0.3 is 11.1 Å². The molecule has 1 amide bonds. The van der Waals surface area contributed by atoms with E-state index >= 15 is 0 Å². The van der Waals surface area contributed by atoms with E-state index in [9.17, 15) is 13.6 Å². The molecule has 0 aliphatic rings. The van der Waals surface area contributed by atoms with Crippen LogP contribution in [0.2, 0.25) is 0 Å². The van der Waals surface area contributed by atoms with E-state index in [-0.39, 0.29) is 12.0 Å². The molecule has 0 aliphatic heterocycles. The van der Waals surface area contributed by atoms with Crippen molar-refractivity contribution in [3.63, 3.8) is 0 Å². The van der Waals surface area contributed by atoms with Crippen molar-refractivity contribution in [2.45, 2.75) is 6.42 Å². The highest BCUT2D eigenvalue weighted by molar-refractivity contribution is 5.95. The topological polar surface area (TPSA) is 55.1 Å². The number of hydrogen-bond acceptors (Lipinski definition) is 2. The predicted molar refractivity (Wildman–Crippen MR) is 69.5 cm³/mol. The van der Waals surface area contributed by atoms with Crippen LogP contribution >= 0.6 is 0 Å². The molecule has 2 aromatic rings. The number of carbonyl (C=O) groups excluding carboxylic acids is 1. The van der Waals surface area contributed by atoms with Gasteiger partial charge in [-0.1, -0.05) is 24.3 Å². The fourth-order valence-corrected chi connectivity index (χ4v) is 1.66. The van der Waals surface area contributed by atoms with Gasteiger partial charge in [-0.15, -0.1) is 0 Å². The molecule has 0 radical (unpaired) electrons. The van der Waals surface area contributed by atoms with Crippen LogP contribution in [0.5, 0.6) is 0 Å². The molecule has 5 heteroatoms. The predicted octanol–water partition coefficient (Wildman–Crippen LogP) is 2.73. The lowest BCUT2D eigenvalue weighted by molar-refractivity contribution is -0.115. The van der Waals surface area contributed by atoms with Crippen LogP contribution in [-0.4, -0.2) is 5.91 Å². The number of hydrogen-bond donors (Lipinski definition) is 2. The number of amides is 1. The molecule has 19 heavy (non-hydrogen) atoms. The molecule has 0 heterocycles. The molecule has 3 nitrogen and oxygen atoms in total. The summed E-state index contributed by atoms with van der Waals surface area (Å²) in [7, 11) is 0. The normalized spacial score (nSPS) is 10.2. The first-order chi connectivity index (χ1) is 9.08.